The van der Waals surface area contributed by atoms with Crippen molar-refractivity contribution in [3.05, 3.63) is 108 Å². The first kappa shape index (κ1) is 28.1. The van der Waals surface area contributed by atoms with Gasteiger partial charge in [-0.3, -0.25) is 9.10 Å². The summed E-state index contributed by atoms with van der Waals surface area (Å²) < 4.78 is 39.1. The Morgan fingerprint density at radius 2 is 1.51 bits per heavy atom. The molecule has 0 atom stereocenters. The average molecular weight is 563 g/mol. The fraction of sp³-hybridized carbons (Fsp3) is 0.167. The van der Waals surface area contributed by atoms with E-state index in [1.807, 2.05) is 49.4 Å². The molecule has 4 rings (SSSR count). The molecule has 39 heavy (non-hydrogen) atoms. The largest absolute Gasteiger partial charge is 0.493 e. The van der Waals surface area contributed by atoms with Crippen molar-refractivity contribution >= 4 is 39.1 Å². The van der Waals surface area contributed by atoms with Crippen molar-refractivity contribution in [3.63, 3.8) is 0 Å². The van der Waals surface area contributed by atoms with Gasteiger partial charge in [0.1, 0.15) is 6.54 Å². The number of benzene rings is 4. The van der Waals surface area contributed by atoms with Crippen LogP contribution in [0, 0.1) is 6.92 Å². The Bertz CT molecular complexity index is 1510. The number of ether oxygens (including phenoxy) is 2. The number of aryl methyl sites for hydroxylation is 1. The van der Waals surface area contributed by atoms with E-state index in [9.17, 15) is 13.2 Å². The van der Waals surface area contributed by atoms with Crippen LogP contribution in [0.4, 0.5) is 11.4 Å². The first-order valence-corrected chi connectivity index (χ1v) is 14.6. The molecule has 0 aromatic heterocycles. The highest BCUT2D eigenvalue weighted by atomic mass is 32.2. The summed E-state index contributed by atoms with van der Waals surface area (Å²) in [5.41, 5.74) is 2.89. The Kier molecular flexibility index (Phi) is 9.16. The normalized spacial score (nSPS) is 11.1. The third-order valence-corrected chi connectivity index (χ3v) is 8.81. The Morgan fingerprint density at radius 3 is 2.15 bits per heavy atom. The highest BCUT2D eigenvalue weighted by molar-refractivity contribution is 7.98. The van der Waals surface area contributed by atoms with Gasteiger partial charge in [0.25, 0.3) is 10.0 Å². The van der Waals surface area contributed by atoms with Gasteiger partial charge in [0.2, 0.25) is 5.91 Å². The average Bonchev–Trinajstić information content (AvgIpc) is 2.96. The van der Waals surface area contributed by atoms with Gasteiger partial charge in [0.15, 0.2) is 11.5 Å². The summed E-state index contributed by atoms with van der Waals surface area (Å²) in [4.78, 5) is 14.4. The minimum atomic E-state index is -4.07. The van der Waals surface area contributed by atoms with Crippen molar-refractivity contribution in [3.8, 4) is 11.5 Å². The van der Waals surface area contributed by atoms with Gasteiger partial charge in [-0.25, -0.2) is 8.42 Å². The molecule has 0 aliphatic rings. The minimum absolute atomic E-state index is 0.0796. The Morgan fingerprint density at radius 1 is 0.846 bits per heavy atom. The number of nitrogens with zero attached hydrogens (tertiary/aromatic N) is 1. The maximum absolute atomic E-state index is 13.7. The summed E-state index contributed by atoms with van der Waals surface area (Å²) >= 11 is 1.73. The molecule has 202 valence electrons. The number of nitrogens with one attached hydrogen (secondary N) is 1. The Labute approximate surface area is 233 Å². The van der Waals surface area contributed by atoms with Gasteiger partial charge in [-0.1, -0.05) is 48.0 Å². The molecule has 7 nitrogen and oxygen atoms in total. The molecule has 1 N–H and O–H groups in total. The molecule has 0 fully saturated rings. The van der Waals surface area contributed by atoms with Crippen LogP contribution >= 0.6 is 11.8 Å². The van der Waals surface area contributed by atoms with Crippen molar-refractivity contribution in [2.45, 2.75) is 22.5 Å². The fourth-order valence-corrected chi connectivity index (χ4v) is 6.12. The lowest BCUT2D eigenvalue weighted by molar-refractivity contribution is -0.114. The first-order valence-electron chi connectivity index (χ1n) is 12.2. The standard InChI is InChI=1S/C30H30N2O5S2/c1-22-9-16-27(17-10-22)39(34,35)32(25-15-18-28(36-2)29(19-25)37-3)20-30(33)31-24-13-11-23(12-14-24)21-38-26-7-5-4-6-8-26/h4-19H,20-21H2,1-3H3,(H,31,33). The number of carbonyl (C=O) groups is 1. The van der Waals surface area contributed by atoms with Gasteiger partial charge in [-0.05, 0) is 61.0 Å². The van der Waals surface area contributed by atoms with Crippen LogP contribution in [-0.4, -0.2) is 35.1 Å². The molecule has 0 aliphatic heterocycles. The summed E-state index contributed by atoms with van der Waals surface area (Å²) in [6.07, 6.45) is 0. The molecule has 0 radical (unpaired) electrons. The zero-order chi connectivity index (χ0) is 27.8. The SMILES string of the molecule is COc1ccc(N(CC(=O)Nc2ccc(CSc3ccccc3)cc2)S(=O)(=O)c2ccc(C)cc2)cc1OC. The van der Waals surface area contributed by atoms with Gasteiger partial charge in [-0.2, -0.15) is 0 Å². The van der Waals surface area contributed by atoms with Gasteiger partial charge in [-0.15, -0.1) is 11.8 Å². The fourth-order valence-electron chi connectivity index (χ4n) is 3.83. The molecular weight excluding hydrogens is 532 g/mol. The monoisotopic (exact) mass is 562 g/mol. The number of anilines is 2. The summed E-state index contributed by atoms with van der Waals surface area (Å²) in [6, 6.07) is 28.9. The van der Waals surface area contributed by atoms with Gasteiger partial charge >= 0.3 is 0 Å². The van der Waals surface area contributed by atoms with E-state index in [0.29, 0.717) is 17.2 Å². The molecule has 0 saturated carbocycles. The Hall–Kier alpha value is -3.95. The first-order chi connectivity index (χ1) is 18.8. The maximum Gasteiger partial charge on any atom is 0.264 e. The van der Waals surface area contributed by atoms with Gasteiger partial charge in [0, 0.05) is 22.4 Å². The van der Waals surface area contributed by atoms with Crippen molar-refractivity contribution in [1.82, 2.24) is 0 Å². The molecular formula is C30H30N2O5S2. The quantitative estimate of drug-likeness (QED) is 0.221. The lowest BCUT2D eigenvalue weighted by atomic mass is 10.2. The molecule has 0 heterocycles. The summed E-state index contributed by atoms with van der Waals surface area (Å²) in [6.45, 7) is 1.44. The predicted octanol–water partition coefficient (Wildman–Crippen LogP) is 6.14. The Balaban J connectivity index is 1.53. The van der Waals surface area contributed by atoms with Crippen LogP contribution in [-0.2, 0) is 20.6 Å². The van der Waals surface area contributed by atoms with Crippen molar-refractivity contribution in [2.24, 2.45) is 0 Å². The number of rotatable bonds is 11. The molecule has 1 amide bonds. The smallest absolute Gasteiger partial charge is 0.264 e. The number of carbonyl (C=O) groups excluding carboxylic acids is 1. The number of methoxy groups -OCH3 is 2. The van der Waals surface area contributed by atoms with Gasteiger partial charge < -0.3 is 14.8 Å². The lowest BCUT2D eigenvalue weighted by Crippen LogP contribution is -2.38. The summed E-state index contributed by atoms with van der Waals surface area (Å²) in [5, 5.41) is 2.82. The second kappa shape index (κ2) is 12.7. The highest BCUT2D eigenvalue weighted by Gasteiger charge is 2.28. The zero-order valence-corrected chi connectivity index (χ0v) is 23.6. The van der Waals surface area contributed by atoms with Gasteiger partial charge in [0.05, 0.1) is 24.8 Å². The van der Waals surface area contributed by atoms with Crippen molar-refractivity contribution in [2.75, 3.05) is 30.4 Å². The minimum Gasteiger partial charge on any atom is -0.493 e. The third-order valence-electron chi connectivity index (χ3n) is 5.94. The van der Waals surface area contributed by atoms with E-state index >= 15 is 0 Å². The highest BCUT2D eigenvalue weighted by Crippen LogP contribution is 2.34. The number of hydrogen-bond acceptors (Lipinski definition) is 6. The van der Waals surface area contributed by atoms with E-state index < -0.39 is 22.5 Å². The number of hydrogen-bond donors (Lipinski definition) is 1. The van der Waals surface area contributed by atoms with E-state index in [2.05, 4.69) is 17.4 Å². The number of thioether (sulfide) groups is 1. The van der Waals surface area contributed by atoms with Crippen LogP contribution in [0.3, 0.4) is 0 Å². The second-order valence-corrected chi connectivity index (χ2v) is 11.6. The topological polar surface area (TPSA) is 84.9 Å². The van der Waals surface area contributed by atoms with E-state index in [-0.39, 0.29) is 10.6 Å². The number of amides is 1. The lowest BCUT2D eigenvalue weighted by Gasteiger charge is -2.25. The van der Waals surface area contributed by atoms with Crippen LogP contribution in [0.15, 0.2) is 107 Å². The van der Waals surface area contributed by atoms with E-state index in [1.54, 1.807) is 36.0 Å². The molecule has 0 aliphatic carbocycles. The molecule has 4 aromatic rings. The molecule has 0 saturated heterocycles. The third kappa shape index (κ3) is 7.13. The maximum atomic E-state index is 13.7. The second-order valence-electron chi connectivity index (χ2n) is 8.71. The van der Waals surface area contributed by atoms with E-state index in [0.717, 1.165) is 21.2 Å². The molecule has 4 aromatic carbocycles. The van der Waals surface area contributed by atoms with E-state index in [4.69, 9.17) is 9.47 Å². The van der Waals surface area contributed by atoms with Crippen LogP contribution in [0.1, 0.15) is 11.1 Å². The van der Waals surface area contributed by atoms with Crippen molar-refractivity contribution in [1.29, 1.82) is 0 Å². The molecule has 0 unspecified atom stereocenters. The number of sulfonamides is 1. The predicted molar refractivity (Wildman–Crippen MR) is 156 cm³/mol. The molecule has 9 heteroatoms. The van der Waals surface area contributed by atoms with Crippen molar-refractivity contribution < 1.29 is 22.7 Å². The van der Waals surface area contributed by atoms with Crippen LogP contribution < -0.4 is 19.1 Å². The zero-order valence-electron chi connectivity index (χ0n) is 22.0. The van der Waals surface area contributed by atoms with Crippen LogP contribution in [0.2, 0.25) is 0 Å². The molecule has 0 spiro atoms. The summed E-state index contributed by atoms with van der Waals surface area (Å²) in [7, 11) is -1.10. The molecule has 0 bridgehead atoms. The van der Waals surface area contributed by atoms with E-state index in [1.165, 1.54) is 37.3 Å². The van der Waals surface area contributed by atoms with Crippen LogP contribution in [0.25, 0.3) is 0 Å². The van der Waals surface area contributed by atoms with Crippen LogP contribution in [0.5, 0.6) is 11.5 Å². The summed E-state index contributed by atoms with van der Waals surface area (Å²) in [5.74, 6) is 1.11.